The molecule has 1 aromatic carbocycles. The number of carbonyl (C=O) groups excluding carboxylic acids is 1. The second kappa shape index (κ2) is 6.65. The topological polar surface area (TPSA) is 75.7 Å². The van der Waals surface area contributed by atoms with Crippen LogP contribution in [-0.4, -0.2) is 58.5 Å². The number of ether oxygens (including phenoxy) is 1. The summed E-state index contributed by atoms with van der Waals surface area (Å²) in [4.78, 5) is 13.4. The molecule has 0 aliphatic carbocycles. The molecule has 1 aliphatic heterocycles. The average Bonchev–Trinajstić information content (AvgIpc) is 2.45. The Labute approximate surface area is 125 Å². The van der Waals surface area contributed by atoms with Crippen molar-refractivity contribution in [1.82, 2.24) is 9.62 Å². The van der Waals surface area contributed by atoms with E-state index in [1.54, 1.807) is 0 Å². The SMILES string of the molecule is CC(=O)c1ccc(S(=O)(=O)NCC2CN(C)CCO2)cc1. The first-order chi connectivity index (χ1) is 9.88. The number of sulfonamides is 1. The summed E-state index contributed by atoms with van der Waals surface area (Å²) in [5.74, 6) is -0.0921. The molecule has 0 radical (unpaired) electrons. The first-order valence-electron chi connectivity index (χ1n) is 6.79. The van der Waals surface area contributed by atoms with Crippen LogP contribution in [0, 0.1) is 0 Å². The van der Waals surface area contributed by atoms with Gasteiger partial charge in [-0.3, -0.25) is 4.79 Å². The summed E-state index contributed by atoms with van der Waals surface area (Å²) in [5.41, 5.74) is 0.492. The molecule has 1 aliphatic rings. The van der Waals surface area contributed by atoms with Crippen molar-refractivity contribution in [3.05, 3.63) is 29.8 Å². The number of benzene rings is 1. The number of Topliss-reactive ketones (excluding diaryl/α,β-unsaturated/α-hetero) is 1. The molecule has 0 aromatic heterocycles. The monoisotopic (exact) mass is 312 g/mol. The molecule has 1 heterocycles. The lowest BCUT2D eigenvalue weighted by Crippen LogP contribution is -2.45. The molecule has 6 nitrogen and oxygen atoms in total. The van der Waals surface area contributed by atoms with E-state index in [-0.39, 0.29) is 23.3 Å². The van der Waals surface area contributed by atoms with Gasteiger partial charge < -0.3 is 9.64 Å². The first-order valence-corrected chi connectivity index (χ1v) is 8.27. The maximum Gasteiger partial charge on any atom is 0.240 e. The third-order valence-electron chi connectivity index (χ3n) is 3.41. The number of nitrogens with zero attached hydrogens (tertiary/aromatic N) is 1. The van der Waals surface area contributed by atoms with E-state index in [0.717, 1.165) is 6.54 Å². The smallest absolute Gasteiger partial charge is 0.240 e. The predicted molar refractivity (Wildman–Crippen MR) is 78.9 cm³/mol. The molecule has 0 spiro atoms. The molecule has 0 amide bonds. The van der Waals surface area contributed by atoms with Crippen molar-refractivity contribution in [3.8, 4) is 0 Å². The van der Waals surface area contributed by atoms with Gasteiger partial charge >= 0.3 is 0 Å². The zero-order valence-corrected chi connectivity index (χ0v) is 13.0. The maximum absolute atomic E-state index is 12.2. The van der Waals surface area contributed by atoms with Gasteiger partial charge in [0.15, 0.2) is 5.78 Å². The number of ketones is 1. The van der Waals surface area contributed by atoms with Crippen LogP contribution < -0.4 is 4.72 Å². The molecule has 1 fully saturated rings. The molecule has 1 atom stereocenters. The molecule has 1 saturated heterocycles. The lowest BCUT2D eigenvalue weighted by atomic mass is 10.2. The number of carbonyl (C=O) groups is 1. The fourth-order valence-corrected chi connectivity index (χ4v) is 3.21. The molecule has 7 heteroatoms. The summed E-state index contributed by atoms with van der Waals surface area (Å²) >= 11 is 0. The van der Waals surface area contributed by atoms with Gasteiger partial charge in [0.1, 0.15) is 0 Å². The van der Waals surface area contributed by atoms with Crippen LogP contribution in [0.15, 0.2) is 29.2 Å². The quantitative estimate of drug-likeness (QED) is 0.801. The van der Waals surface area contributed by atoms with Crippen molar-refractivity contribution in [2.45, 2.75) is 17.9 Å². The van der Waals surface area contributed by atoms with Crippen LogP contribution >= 0.6 is 0 Å². The van der Waals surface area contributed by atoms with Gasteiger partial charge in [0.05, 0.1) is 17.6 Å². The van der Waals surface area contributed by atoms with Gasteiger partial charge in [0.2, 0.25) is 10.0 Å². The highest BCUT2D eigenvalue weighted by Gasteiger charge is 2.21. The number of morpholine rings is 1. The van der Waals surface area contributed by atoms with E-state index in [4.69, 9.17) is 4.74 Å². The lowest BCUT2D eigenvalue weighted by molar-refractivity contribution is -0.0156. The van der Waals surface area contributed by atoms with Gasteiger partial charge in [-0.2, -0.15) is 0 Å². The second-order valence-corrected chi connectivity index (χ2v) is 6.95. The van der Waals surface area contributed by atoms with E-state index in [2.05, 4.69) is 9.62 Å². The summed E-state index contributed by atoms with van der Waals surface area (Å²) in [7, 11) is -1.60. The van der Waals surface area contributed by atoms with Crippen LogP contribution in [0.3, 0.4) is 0 Å². The van der Waals surface area contributed by atoms with E-state index < -0.39 is 10.0 Å². The van der Waals surface area contributed by atoms with Gasteiger partial charge in [-0.05, 0) is 26.1 Å². The molecule has 21 heavy (non-hydrogen) atoms. The fourth-order valence-electron chi connectivity index (χ4n) is 2.15. The first kappa shape index (κ1) is 16.1. The van der Waals surface area contributed by atoms with Gasteiger partial charge in [-0.15, -0.1) is 0 Å². The van der Waals surface area contributed by atoms with Crippen molar-refractivity contribution in [3.63, 3.8) is 0 Å². The Bertz CT molecular complexity index is 598. The molecule has 2 rings (SSSR count). The molecular weight excluding hydrogens is 292 g/mol. The highest BCUT2D eigenvalue weighted by molar-refractivity contribution is 7.89. The maximum atomic E-state index is 12.2. The van der Waals surface area contributed by atoms with Crippen LogP contribution in [0.1, 0.15) is 17.3 Å². The predicted octanol–water partition coefficient (Wildman–Crippen LogP) is 0.498. The molecule has 1 unspecified atom stereocenters. The van der Waals surface area contributed by atoms with Crippen LogP contribution in [0.5, 0.6) is 0 Å². The van der Waals surface area contributed by atoms with Crippen LogP contribution in [0.2, 0.25) is 0 Å². The largest absolute Gasteiger partial charge is 0.374 e. The number of likely N-dealkylation sites (N-methyl/N-ethyl adjacent to an activating group) is 1. The average molecular weight is 312 g/mol. The van der Waals surface area contributed by atoms with Crippen molar-refractivity contribution in [1.29, 1.82) is 0 Å². The van der Waals surface area contributed by atoms with Crippen LogP contribution in [0.25, 0.3) is 0 Å². The zero-order chi connectivity index (χ0) is 15.5. The Morgan fingerprint density at radius 1 is 1.38 bits per heavy atom. The summed E-state index contributed by atoms with van der Waals surface area (Å²) in [5, 5.41) is 0. The van der Waals surface area contributed by atoms with Gasteiger partial charge in [0, 0.05) is 25.2 Å². The van der Waals surface area contributed by atoms with E-state index in [0.29, 0.717) is 18.7 Å². The number of hydrogen-bond donors (Lipinski definition) is 1. The number of rotatable bonds is 5. The molecule has 0 saturated carbocycles. The second-order valence-electron chi connectivity index (χ2n) is 5.19. The molecule has 116 valence electrons. The third-order valence-corrected chi connectivity index (χ3v) is 4.85. The Morgan fingerprint density at radius 2 is 2.05 bits per heavy atom. The van der Waals surface area contributed by atoms with Crippen LogP contribution in [-0.2, 0) is 14.8 Å². The highest BCUT2D eigenvalue weighted by atomic mass is 32.2. The van der Waals surface area contributed by atoms with Gasteiger partial charge in [-0.1, -0.05) is 12.1 Å². The lowest BCUT2D eigenvalue weighted by Gasteiger charge is -2.30. The summed E-state index contributed by atoms with van der Waals surface area (Å²) in [6, 6.07) is 5.91. The third kappa shape index (κ3) is 4.34. The highest BCUT2D eigenvalue weighted by Crippen LogP contribution is 2.11. The summed E-state index contributed by atoms with van der Waals surface area (Å²) in [6.45, 7) is 3.84. The van der Waals surface area contributed by atoms with Gasteiger partial charge in [0.25, 0.3) is 0 Å². The summed E-state index contributed by atoms with van der Waals surface area (Å²) < 4.78 is 32.4. The standard InChI is InChI=1S/C14H20N2O4S/c1-11(17)12-3-5-14(6-4-12)21(18,19)15-9-13-10-16(2)7-8-20-13/h3-6,13,15H,7-10H2,1-2H3. The Morgan fingerprint density at radius 3 is 2.62 bits per heavy atom. The molecule has 0 bridgehead atoms. The minimum atomic E-state index is -3.58. The van der Waals surface area contributed by atoms with Crippen molar-refractivity contribution in [2.24, 2.45) is 0 Å². The minimum Gasteiger partial charge on any atom is -0.374 e. The van der Waals surface area contributed by atoms with Crippen molar-refractivity contribution in [2.75, 3.05) is 33.3 Å². The van der Waals surface area contributed by atoms with Crippen molar-refractivity contribution >= 4 is 15.8 Å². The van der Waals surface area contributed by atoms with Crippen LogP contribution in [0.4, 0.5) is 0 Å². The summed E-state index contributed by atoms with van der Waals surface area (Å²) in [6.07, 6.45) is -0.144. The Hall–Kier alpha value is -1.28. The van der Waals surface area contributed by atoms with Gasteiger partial charge in [-0.25, -0.2) is 13.1 Å². The number of nitrogens with one attached hydrogen (secondary N) is 1. The number of hydrogen-bond acceptors (Lipinski definition) is 5. The molecule has 1 N–H and O–H groups in total. The zero-order valence-electron chi connectivity index (χ0n) is 12.2. The van der Waals surface area contributed by atoms with Crippen molar-refractivity contribution < 1.29 is 17.9 Å². The van der Waals surface area contributed by atoms with E-state index in [1.165, 1.54) is 31.2 Å². The minimum absolute atomic E-state index is 0.0921. The van der Waals surface area contributed by atoms with E-state index >= 15 is 0 Å². The van der Waals surface area contributed by atoms with E-state index in [1.807, 2.05) is 7.05 Å². The normalized spacial score (nSPS) is 20.4. The van der Waals surface area contributed by atoms with E-state index in [9.17, 15) is 13.2 Å². The Balaban J connectivity index is 1.99. The Kier molecular flexibility index (Phi) is 5.10. The molecular formula is C14H20N2O4S. The fraction of sp³-hybridized carbons (Fsp3) is 0.500. The molecule has 1 aromatic rings.